The van der Waals surface area contributed by atoms with Crippen LogP contribution >= 0.6 is 45.8 Å². The van der Waals surface area contributed by atoms with Gasteiger partial charge in [0.15, 0.2) is 0 Å². The van der Waals surface area contributed by atoms with Crippen LogP contribution in [0, 0.1) is 0 Å². The summed E-state index contributed by atoms with van der Waals surface area (Å²) in [4.78, 5) is 0. The number of rotatable bonds is 3. The van der Waals surface area contributed by atoms with Crippen molar-refractivity contribution in [3.63, 3.8) is 0 Å². The van der Waals surface area contributed by atoms with E-state index >= 15 is 0 Å². The molecule has 0 aliphatic heterocycles. The summed E-state index contributed by atoms with van der Waals surface area (Å²) in [5.41, 5.74) is 0. The topological polar surface area (TPSA) is 0 Å². The fourth-order valence-corrected chi connectivity index (χ4v) is 6.24. The summed E-state index contributed by atoms with van der Waals surface area (Å²) >= 11 is -0.346. The minimum Gasteiger partial charge on any atom is -0.0620 e. The molecule has 0 aliphatic rings. The zero-order valence-corrected chi connectivity index (χ0v) is 26.3. The molecule has 0 heterocycles. The average molecular weight is 655 g/mol. The molecule has 6 heteroatoms. The van der Waals surface area contributed by atoms with E-state index in [1.165, 1.54) is 26.5 Å². The number of benzene rings is 5. The fourth-order valence-electron chi connectivity index (χ4n) is 3.22. The van der Waals surface area contributed by atoms with E-state index in [0.717, 1.165) is 0 Å². The molecule has 0 saturated carbocycles. The molecule has 5 aromatic carbocycles. The third-order valence-corrected chi connectivity index (χ3v) is 8.29. The monoisotopic (exact) mass is 655 g/mol. The molecule has 0 saturated heterocycles. The van der Waals surface area contributed by atoms with Crippen LogP contribution in [0.3, 0.4) is 0 Å². The summed E-state index contributed by atoms with van der Waals surface area (Å²) in [6.45, 7) is 0. The summed E-state index contributed by atoms with van der Waals surface area (Å²) in [5, 5.41) is 6.78. The van der Waals surface area contributed by atoms with Gasteiger partial charge in [-0.3, -0.25) is 0 Å². The standard InChI is InChI=1S/C18H15P.2C6H7P.2ClH.Ru/c1-4-10-16(11-5-1)19(17-12-6-2-7-13-17)18-14-8-3-9-15-18;2*7-6-4-2-1-3-5-6;;;/h1-15H;2*1-5H,7H2;2*1H;/q;;;;;+2/p-1. The maximum atomic E-state index is 4.85. The second-order valence-electron chi connectivity index (χ2n) is 7.34. The smallest absolute Gasteiger partial charge is 0.0620 e. The Hall–Kier alpha value is -1.41. The molecule has 0 radical (unpaired) electrons. The first-order chi connectivity index (χ1) is 17.7. The molecule has 0 bridgehead atoms. The maximum absolute atomic E-state index is 4.85. The molecular formula is C30H30Cl2P3Ru+. The van der Waals surface area contributed by atoms with E-state index in [9.17, 15) is 0 Å². The van der Waals surface area contributed by atoms with Crippen LogP contribution in [0.1, 0.15) is 0 Å². The minimum atomic E-state index is -0.877. The zero-order chi connectivity index (χ0) is 25.8. The van der Waals surface area contributed by atoms with Crippen molar-refractivity contribution < 1.29 is 15.1 Å². The quantitative estimate of drug-likeness (QED) is 0.146. The van der Waals surface area contributed by atoms with Crippen molar-refractivity contribution in [3.05, 3.63) is 152 Å². The number of halogens is 2. The number of hydrogen-bond donors (Lipinski definition) is 0. The van der Waals surface area contributed by atoms with Crippen LogP contribution in [-0.4, -0.2) is 0 Å². The van der Waals surface area contributed by atoms with Crippen molar-refractivity contribution in [1.29, 1.82) is 0 Å². The first kappa shape index (κ1) is 30.8. The third-order valence-electron chi connectivity index (χ3n) is 4.79. The average Bonchev–Trinajstić information content (AvgIpc) is 2.93. The van der Waals surface area contributed by atoms with Gasteiger partial charge in [-0.05, 0) is 47.0 Å². The molecule has 36 heavy (non-hydrogen) atoms. The van der Waals surface area contributed by atoms with Gasteiger partial charge < -0.3 is 0 Å². The molecule has 0 amide bonds. The summed E-state index contributed by atoms with van der Waals surface area (Å²) in [6.07, 6.45) is 0. The minimum absolute atomic E-state index is 0.346. The van der Waals surface area contributed by atoms with E-state index in [2.05, 4.69) is 109 Å². The molecular weight excluding hydrogens is 625 g/mol. The molecule has 5 rings (SSSR count). The van der Waals surface area contributed by atoms with Gasteiger partial charge in [0, 0.05) is 0 Å². The SMILES string of the molecule is Pc1ccccc1.Pc1ccccc1.[Cl][Ru][Cl].c1ccc([PH+](c2ccccc2)c2ccccc2)cc1. The van der Waals surface area contributed by atoms with Gasteiger partial charge in [0.2, 0.25) is 0 Å². The van der Waals surface area contributed by atoms with E-state index in [0.29, 0.717) is 0 Å². The largest absolute Gasteiger partial charge is 0.102 e. The van der Waals surface area contributed by atoms with Gasteiger partial charge in [-0.2, -0.15) is 0 Å². The first-order valence-electron chi connectivity index (χ1n) is 11.1. The van der Waals surface area contributed by atoms with Gasteiger partial charge in [-0.15, -0.1) is 18.5 Å². The van der Waals surface area contributed by atoms with Gasteiger partial charge in [0.1, 0.15) is 15.9 Å². The number of hydrogen-bond acceptors (Lipinski definition) is 0. The second kappa shape index (κ2) is 19.7. The van der Waals surface area contributed by atoms with Crippen molar-refractivity contribution in [2.45, 2.75) is 0 Å². The molecule has 186 valence electrons. The van der Waals surface area contributed by atoms with Gasteiger partial charge in [0.05, 0.1) is 7.92 Å². The second-order valence-corrected chi connectivity index (χ2v) is 13.8. The molecule has 2 unspecified atom stereocenters. The Bertz CT molecular complexity index is 1050. The molecule has 0 aromatic heterocycles. The van der Waals surface area contributed by atoms with E-state index in [-0.39, 0.29) is 15.1 Å². The molecule has 0 N–H and O–H groups in total. The Balaban J connectivity index is 0.000000219. The Labute approximate surface area is 237 Å². The molecule has 0 fully saturated rings. The van der Waals surface area contributed by atoms with Gasteiger partial charge in [0.25, 0.3) is 0 Å². The Morgan fingerprint density at radius 2 is 0.583 bits per heavy atom. The van der Waals surface area contributed by atoms with Crippen molar-refractivity contribution in [2.75, 3.05) is 0 Å². The van der Waals surface area contributed by atoms with Crippen LogP contribution in [0.4, 0.5) is 0 Å². The third kappa shape index (κ3) is 12.7. The Morgan fingerprint density at radius 3 is 0.750 bits per heavy atom. The molecule has 0 spiro atoms. The summed E-state index contributed by atoms with van der Waals surface area (Å²) in [6, 6.07) is 52.8. The van der Waals surface area contributed by atoms with Crippen LogP contribution < -0.4 is 26.5 Å². The molecule has 5 aromatic rings. The van der Waals surface area contributed by atoms with Gasteiger partial charge in [-0.25, -0.2) is 0 Å². The maximum Gasteiger partial charge on any atom is 0.102 e. The van der Waals surface area contributed by atoms with Crippen LogP contribution in [0.15, 0.2) is 152 Å². The predicted octanol–water partition coefficient (Wildman–Crippen LogP) is 6.93. The molecule has 2 atom stereocenters. The Morgan fingerprint density at radius 1 is 0.389 bits per heavy atom. The van der Waals surface area contributed by atoms with Gasteiger partial charge >= 0.3 is 34.5 Å². The van der Waals surface area contributed by atoms with E-state index in [4.69, 9.17) is 19.4 Å². The van der Waals surface area contributed by atoms with Crippen LogP contribution in [0.5, 0.6) is 0 Å². The van der Waals surface area contributed by atoms with E-state index in [1.807, 2.05) is 60.7 Å². The van der Waals surface area contributed by atoms with E-state index in [1.54, 1.807) is 0 Å². The zero-order valence-electron chi connectivity index (χ0n) is 19.7. The van der Waals surface area contributed by atoms with Crippen molar-refractivity contribution in [2.24, 2.45) is 0 Å². The normalized spacial score (nSPS) is 9.58. The van der Waals surface area contributed by atoms with Crippen molar-refractivity contribution in [3.8, 4) is 0 Å². The summed E-state index contributed by atoms with van der Waals surface area (Å²) in [7, 11) is 14.1. The van der Waals surface area contributed by atoms with E-state index < -0.39 is 7.92 Å². The van der Waals surface area contributed by atoms with Gasteiger partial charge in [-0.1, -0.05) is 115 Å². The Kier molecular flexibility index (Phi) is 16.8. The van der Waals surface area contributed by atoms with Crippen LogP contribution in [-0.2, 0) is 15.1 Å². The van der Waals surface area contributed by atoms with Crippen molar-refractivity contribution >= 4 is 72.3 Å². The first-order valence-corrected chi connectivity index (χ1v) is 18.3. The molecule has 0 aliphatic carbocycles. The fraction of sp³-hybridized carbons (Fsp3) is 0. The van der Waals surface area contributed by atoms with Crippen LogP contribution in [0.25, 0.3) is 0 Å². The molecule has 0 nitrogen and oxygen atoms in total. The predicted molar refractivity (Wildman–Crippen MR) is 170 cm³/mol. The van der Waals surface area contributed by atoms with Crippen LogP contribution in [0.2, 0.25) is 0 Å². The van der Waals surface area contributed by atoms with Crippen molar-refractivity contribution in [1.82, 2.24) is 0 Å². The summed E-state index contributed by atoms with van der Waals surface area (Å²) < 4.78 is 0. The summed E-state index contributed by atoms with van der Waals surface area (Å²) in [5.74, 6) is 0.